The van der Waals surface area contributed by atoms with E-state index in [-0.39, 0.29) is 16.9 Å². The molecule has 2 rings (SSSR count). The molecule has 4 heteroatoms. The number of rotatable bonds is 6. The van der Waals surface area contributed by atoms with Gasteiger partial charge in [0, 0.05) is 11.1 Å². The summed E-state index contributed by atoms with van der Waals surface area (Å²) < 4.78 is 13.7. The van der Waals surface area contributed by atoms with Crippen molar-refractivity contribution in [1.29, 1.82) is 0 Å². The van der Waals surface area contributed by atoms with Crippen LogP contribution in [0.2, 0.25) is 10.0 Å². The van der Waals surface area contributed by atoms with Gasteiger partial charge in [-0.2, -0.15) is 0 Å². The Labute approximate surface area is 135 Å². The Morgan fingerprint density at radius 3 is 2.43 bits per heavy atom. The van der Waals surface area contributed by atoms with Crippen LogP contribution in [0.1, 0.15) is 30.5 Å². The van der Waals surface area contributed by atoms with Crippen LogP contribution in [0.4, 0.5) is 4.39 Å². The van der Waals surface area contributed by atoms with Crippen LogP contribution < -0.4 is 5.32 Å². The molecule has 2 aromatic rings. The third kappa shape index (κ3) is 4.70. The third-order valence-electron chi connectivity index (χ3n) is 3.34. The van der Waals surface area contributed by atoms with Crippen molar-refractivity contribution in [2.24, 2.45) is 0 Å². The maximum atomic E-state index is 13.7. The van der Waals surface area contributed by atoms with Crippen LogP contribution in [0.25, 0.3) is 0 Å². The standard InChI is InChI=1S/C17H18Cl2FN/c1-2-9-21-17(10-12-3-6-14(18)7-4-12)13-5-8-15(19)16(20)11-13/h3-8,11,17,21H,2,9-10H2,1H3. The van der Waals surface area contributed by atoms with Gasteiger partial charge in [0.05, 0.1) is 5.02 Å². The highest BCUT2D eigenvalue weighted by molar-refractivity contribution is 6.30. The van der Waals surface area contributed by atoms with Gasteiger partial charge in [-0.1, -0.05) is 48.3 Å². The van der Waals surface area contributed by atoms with E-state index in [1.54, 1.807) is 6.07 Å². The number of halogens is 3. The molecule has 0 radical (unpaired) electrons. The van der Waals surface area contributed by atoms with Crippen molar-refractivity contribution in [2.75, 3.05) is 6.54 Å². The zero-order chi connectivity index (χ0) is 15.2. The minimum atomic E-state index is -0.381. The highest BCUT2D eigenvalue weighted by atomic mass is 35.5. The normalized spacial score (nSPS) is 12.4. The first-order valence-corrected chi connectivity index (χ1v) is 7.78. The summed E-state index contributed by atoms with van der Waals surface area (Å²) in [5.74, 6) is -0.381. The summed E-state index contributed by atoms with van der Waals surface area (Å²) in [5, 5.41) is 4.32. The molecule has 0 saturated carbocycles. The van der Waals surface area contributed by atoms with E-state index >= 15 is 0 Å². The van der Waals surface area contributed by atoms with Gasteiger partial charge in [-0.25, -0.2) is 4.39 Å². The summed E-state index contributed by atoms with van der Waals surface area (Å²) in [6.07, 6.45) is 1.80. The summed E-state index contributed by atoms with van der Waals surface area (Å²) in [6, 6.07) is 12.8. The van der Waals surface area contributed by atoms with E-state index < -0.39 is 0 Å². The van der Waals surface area contributed by atoms with Crippen molar-refractivity contribution in [2.45, 2.75) is 25.8 Å². The van der Waals surface area contributed by atoms with Crippen molar-refractivity contribution in [3.8, 4) is 0 Å². The monoisotopic (exact) mass is 325 g/mol. The van der Waals surface area contributed by atoms with Gasteiger partial charge in [0.1, 0.15) is 5.82 Å². The summed E-state index contributed by atoms with van der Waals surface area (Å²) in [4.78, 5) is 0. The molecular weight excluding hydrogens is 308 g/mol. The average molecular weight is 326 g/mol. The first-order valence-electron chi connectivity index (χ1n) is 7.03. The van der Waals surface area contributed by atoms with Crippen LogP contribution in [0.15, 0.2) is 42.5 Å². The Hall–Kier alpha value is -1.09. The lowest BCUT2D eigenvalue weighted by Gasteiger charge is -2.19. The molecule has 0 spiro atoms. The first-order chi connectivity index (χ1) is 10.1. The first kappa shape index (κ1) is 16.3. The van der Waals surface area contributed by atoms with Crippen molar-refractivity contribution >= 4 is 23.2 Å². The smallest absolute Gasteiger partial charge is 0.142 e. The van der Waals surface area contributed by atoms with Crippen molar-refractivity contribution < 1.29 is 4.39 Å². The summed E-state index contributed by atoms with van der Waals surface area (Å²) in [5.41, 5.74) is 2.06. The number of hydrogen-bond acceptors (Lipinski definition) is 1. The second kappa shape index (κ2) is 7.79. The van der Waals surface area contributed by atoms with Gasteiger partial charge in [0.15, 0.2) is 0 Å². The van der Waals surface area contributed by atoms with E-state index in [4.69, 9.17) is 23.2 Å². The predicted octanol–water partition coefficient (Wildman–Crippen LogP) is 5.42. The molecule has 0 heterocycles. The molecule has 0 aliphatic heterocycles. The Kier molecular flexibility index (Phi) is 6.04. The number of benzene rings is 2. The van der Waals surface area contributed by atoms with Gasteiger partial charge >= 0.3 is 0 Å². The van der Waals surface area contributed by atoms with Gasteiger partial charge in [0.2, 0.25) is 0 Å². The van der Waals surface area contributed by atoms with Crippen LogP contribution in [0, 0.1) is 5.82 Å². The van der Waals surface area contributed by atoms with Crippen LogP contribution >= 0.6 is 23.2 Å². The van der Waals surface area contributed by atoms with E-state index in [0.29, 0.717) is 5.02 Å². The van der Waals surface area contributed by atoms with Gasteiger partial charge in [-0.05, 0) is 54.8 Å². The van der Waals surface area contributed by atoms with Crippen LogP contribution in [-0.2, 0) is 6.42 Å². The summed E-state index contributed by atoms with van der Waals surface area (Å²) in [7, 11) is 0. The van der Waals surface area contributed by atoms with Gasteiger partial charge in [-0.3, -0.25) is 0 Å². The second-order valence-corrected chi connectivity index (χ2v) is 5.85. The van der Waals surface area contributed by atoms with E-state index in [9.17, 15) is 4.39 Å². The molecule has 0 amide bonds. The zero-order valence-corrected chi connectivity index (χ0v) is 13.4. The lowest BCUT2D eigenvalue weighted by atomic mass is 9.98. The SMILES string of the molecule is CCCNC(Cc1ccc(Cl)cc1)c1ccc(Cl)c(F)c1. The third-order valence-corrected chi connectivity index (χ3v) is 3.90. The summed E-state index contributed by atoms with van der Waals surface area (Å²) in [6.45, 7) is 2.98. The van der Waals surface area contributed by atoms with Crippen molar-refractivity contribution in [3.63, 3.8) is 0 Å². The van der Waals surface area contributed by atoms with Gasteiger partial charge in [0.25, 0.3) is 0 Å². The topological polar surface area (TPSA) is 12.0 Å². The van der Waals surface area contributed by atoms with Gasteiger partial charge in [-0.15, -0.1) is 0 Å². The fraction of sp³-hybridized carbons (Fsp3) is 0.294. The maximum Gasteiger partial charge on any atom is 0.142 e. The fourth-order valence-electron chi connectivity index (χ4n) is 2.21. The molecule has 0 saturated heterocycles. The minimum absolute atomic E-state index is 0.0536. The second-order valence-electron chi connectivity index (χ2n) is 5.01. The highest BCUT2D eigenvalue weighted by Gasteiger charge is 2.13. The highest BCUT2D eigenvalue weighted by Crippen LogP contribution is 2.24. The molecule has 112 valence electrons. The molecular formula is C17H18Cl2FN. The van der Waals surface area contributed by atoms with Crippen LogP contribution in [0.5, 0.6) is 0 Å². The number of nitrogens with one attached hydrogen (secondary N) is 1. The Morgan fingerprint density at radius 2 is 1.81 bits per heavy atom. The van der Waals surface area contributed by atoms with Crippen LogP contribution in [-0.4, -0.2) is 6.54 Å². The van der Waals surface area contributed by atoms with Crippen LogP contribution in [0.3, 0.4) is 0 Å². The molecule has 1 atom stereocenters. The fourth-order valence-corrected chi connectivity index (χ4v) is 2.46. The summed E-state index contributed by atoms with van der Waals surface area (Å²) >= 11 is 11.7. The lowest BCUT2D eigenvalue weighted by Crippen LogP contribution is -2.24. The predicted molar refractivity (Wildman–Crippen MR) is 87.6 cm³/mol. The molecule has 1 N–H and O–H groups in total. The molecule has 0 aliphatic rings. The van der Waals surface area contributed by atoms with E-state index in [1.165, 1.54) is 6.07 Å². The van der Waals surface area contributed by atoms with Crippen molar-refractivity contribution in [3.05, 3.63) is 69.5 Å². The van der Waals surface area contributed by atoms with E-state index in [1.807, 2.05) is 30.3 Å². The molecule has 0 fully saturated rings. The maximum absolute atomic E-state index is 13.7. The molecule has 1 nitrogen and oxygen atoms in total. The molecule has 21 heavy (non-hydrogen) atoms. The lowest BCUT2D eigenvalue weighted by molar-refractivity contribution is 0.524. The van der Waals surface area contributed by atoms with E-state index in [0.717, 1.165) is 30.5 Å². The molecule has 2 aromatic carbocycles. The Morgan fingerprint density at radius 1 is 1.10 bits per heavy atom. The minimum Gasteiger partial charge on any atom is -0.310 e. The zero-order valence-electron chi connectivity index (χ0n) is 11.9. The molecule has 0 aliphatic carbocycles. The van der Waals surface area contributed by atoms with Gasteiger partial charge < -0.3 is 5.32 Å². The molecule has 0 bridgehead atoms. The Balaban J connectivity index is 2.20. The quantitative estimate of drug-likeness (QED) is 0.748. The average Bonchev–Trinajstić information content (AvgIpc) is 2.48. The van der Waals surface area contributed by atoms with Crippen molar-refractivity contribution in [1.82, 2.24) is 5.32 Å². The van der Waals surface area contributed by atoms with E-state index in [2.05, 4.69) is 12.2 Å². The largest absolute Gasteiger partial charge is 0.310 e. The molecule has 1 unspecified atom stereocenters. The molecule has 0 aromatic heterocycles. The Bertz CT molecular complexity index is 584. The number of hydrogen-bond donors (Lipinski definition) is 1.